The number of pyridine rings is 1. The zero-order valence-electron chi connectivity index (χ0n) is 13.0. The van der Waals surface area contributed by atoms with Gasteiger partial charge in [-0.15, -0.1) is 0 Å². The predicted octanol–water partition coefficient (Wildman–Crippen LogP) is 1.68. The second kappa shape index (κ2) is 6.18. The molecule has 3 heterocycles. The minimum absolute atomic E-state index is 0.0316. The van der Waals surface area contributed by atoms with Crippen LogP contribution in [0.4, 0.5) is 0 Å². The molecule has 0 bridgehead atoms. The van der Waals surface area contributed by atoms with E-state index < -0.39 is 0 Å². The Kier molecular flexibility index (Phi) is 4.27. The van der Waals surface area contributed by atoms with E-state index in [4.69, 9.17) is 0 Å². The van der Waals surface area contributed by atoms with E-state index in [1.165, 1.54) is 0 Å². The molecule has 5 nitrogen and oxygen atoms in total. The minimum Gasteiger partial charge on any atom is -0.396 e. The van der Waals surface area contributed by atoms with E-state index in [9.17, 15) is 9.90 Å². The van der Waals surface area contributed by atoms with Crippen LogP contribution < -0.4 is 5.56 Å². The molecule has 0 spiro atoms. The van der Waals surface area contributed by atoms with E-state index in [1.54, 1.807) is 16.7 Å². The van der Waals surface area contributed by atoms with E-state index in [-0.39, 0.29) is 17.6 Å². The van der Waals surface area contributed by atoms with Crippen molar-refractivity contribution in [1.82, 2.24) is 14.3 Å². The van der Waals surface area contributed by atoms with Crippen molar-refractivity contribution in [3.05, 3.63) is 46.5 Å². The third-order valence-corrected chi connectivity index (χ3v) is 5.01. The van der Waals surface area contributed by atoms with Gasteiger partial charge >= 0.3 is 0 Å². The summed E-state index contributed by atoms with van der Waals surface area (Å²) in [5.74, 6) is 0. The number of fused-ring (bicyclic) bond motifs is 1. The lowest BCUT2D eigenvalue weighted by Crippen LogP contribution is -2.41. The highest BCUT2D eigenvalue weighted by molar-refractivity contribution is 5.37. The SMILES string of the molecule is CCC1(CO)CCN(Cc2cc(=O)n3ccccc3n2)CC1. The van der Waals surface area contributed by atoms with Crippen molar-refractivity contribution < 1.29 is 5.11 Å². The molecule has 1 fully saturated rings. The standard InChI is InChI=1S/C17H23N3O2/c1-2-17(13-21)6-9-19(10-7-17)12-14-11-16(22)20-8-4-3-5-15(20)18-14/h3-5,8,11,21H,2,6-7,9-10,12-13H2,1H3. The summed E-state index contributed by atoms with van der Waals surface area (Å²) in [6.07, 6.45) is 4.78. The van der Waals surface area contributed by atoms with Gasteiger partial charge in [0.1, 0.15) is 5.65 Å². The normalized spacial score (nSPS) is 18.6. The van der Waals surface area contributed by atoms with Gasteiger partial charge < -0.3 is 5.11 Å². The van der Waals surface area contributed by atoms with Gasteiger partial charge in [0, 0.05) is 25.4 Å². The fourth-order valence-corrected chi connectivity index (χ4v) is 3.22. The van der Waals surface area contributed by atoms with Crippen LogP contribution >= 0.6 is 0 Å². The molecule has 5 heteroatoms. The van der Waals surface area contributed by atoms with Crippen molar-refractivity contribution in [1.29, 1.82) is 0 Å². The molecule has 0 radical (unpaired) electrons. The maximum absolute atomic E-state index is 12.1. The molecule has 3 rings (SSSR count). The summed E-state index contributed by atoms with van der Waals surface area (Å²) < 4.78 is 1.56. The zero-order chi connectivity index (χ0) is 15.6. The Hall–Kier alpha value is -1.72. The van der Waals surface area contributed by atoms with Crippen molar-refractivity contribution in [2.24, 2.45) is 5.41 Å². The van der Waals surface area contributed by atoms with Crippen molar-refractivity contribution in [3.63, 3.8) is 0 Å². The molecular formula is C17H23N3O2. The number of piperidine rings is 1. The summed E-state index contributed by atoms with van der Waals surface area (Å²) in [6.45, 7) is 5.02. The Morgan fingerprint density at radius 2 is 2.09 bits per heavy atom. The number of rotatable bonds is 4. The second-order valence-corrected chi connectivity index (χ2v) is 6.30. The van der Waals surface area contributed by atoms with E-state index in [0.717, 1.165) is 38.0 Å². The van der Waals surface area contributed by atoms with Crippen LogP contribution in [0.1, 0.15) is 31.9 Å². The highest BCUT2D eigenvalue weighted by Gasteiger charge is 2.32. The first-order chi connectivity index (χ1) is 10.7. The highest BCUT2D eigenvalue weighted by atomic mass is 16.3. The fourth-order valence-electron chi connectivity index (χ4n) is 3.22. The first-order valence-electron chi connectivity index (χ1n) is 7.96. The Labute approximate surface area is 130 Å². The van der Waals surface area contributed by atoms with Gasteiger partial charge in [-0.1, -0.05) is 13.0 Å². The van der Waals surface area contributed by atoms with Crippen molar-refractivity contribution in [2.75, 3.05) is 19.7 Å². The number of aliphatic hydroxyl groups excluding tert-OH is 1. The van der Waals surface area contributed by atoms with Gasteiger partial charge in [0.25, 0.3) is 5.56 Å². The fraction of sp³-hybridized carbons (Fsp3) is 0.529. The monoisotopic (exact) mass is 301 g/mol. The molecule has 1 aliphatic rings. The van der Waals surface area contributed by atoms with E-state index in [1.807, 2.05) is 18.2 Å². The Morgan fingerprint density at radius 1 is 1.32 bits per heavy atom. The predicted molar refractivity (Wildman–Crippen MR) is 85.8 cm³/mol. The largest absolute Gasteiger partial charge is 0.396 e. The summed E-state index contributed by atoms with van der Waals surface area (Å²) in [7, 11) is 0. The number of hydrogen-bond acceptors (Lipinski definition) is 4. The zero-order valence-corrected chi connectivity index (χ0v) is 13.0. The van der Waals surface area contributed by atoms with Crippen LogP contribution in [-0.4, -0.2) is 39.1 Å². The van der Waals surface area contributed by atoms with Crippen LogP contribution in [0.3, 0.4) is 0 Å². The van der Waals surface area contributed by atoms with Crippen LogP contribution in [0.25, 0.3) is 5.65 Å². The maximum Gasteiger partial charge on any atom is 0.258 e. The van der Waals surface area contributed by atoms with E-state index in [2.05, 4.69) is 16.8 Å². The number of likely N-dealkylation sites (tertiary alicyclic amines) is 1. The molecule has 1 saturated heterocycles. The molecule has 0 aromatic carbocycles. The molecule has 118 valence electrons. The number of nitrogens with zero attached hydrogens (tertiary/aromatic N) is 3. The highest BCUT2D eigenvalue weighted by Crippen LogP contribution is 2.34. The summed E-state index contributed by atoms with van der Waals surface area (Å²) in [5, 5.41) is 9.60. The minimum atomic E-state index is -0.0316. The number of aromatic nitrogens is 2. The van der Waals surface area contributed by atoms with Gasteiger partial charge in [0.15, 0.2) is 0 Å². The molecule has 2 aromatic rings. The molecule has 0 unspecified atom stereocenters. The molecule has 0 saturated carbocycles. The van der Waals surface area contributed by atoms with E-state index >= 15 is 0 Å². The van der Waals surface area contributed by atoms with E-state index in [0.29, 0.717) is 12.2 Å². The van der Waals surface area contributed by atoms with Gasteiger partial charge in [0.2, 0.25) is 0 Å². The lowest BCUT2D eigenvalue weighted by atomic mass is 9.77. The van der Waals surface area contributed by atoms with Gasteiger partial charge in [-0.3, -0.25) is 14.1 Å². The first kappa shape index (κ1) is 15.2. The topological polar surface area (TPSA) is 57.8 Å². The summed E-state index contributed by atoms with van der Waals surface area (Å²) in [6, 6.07) is 7.21. The molecule has 2 aromatic heterocycles. The molecule has 0 atom stereocenters. The van der Waals surface area contributed by atoms with Crippen LogP contribution in [0.5, 0.6) is 0 Å². The smallest absolute Gasteiger partial charge is 0.258 e. The molecule has 1 N–H and O–H groups in total. The maximum atomic E-state index is 12.1. The Balaban J connectivity index is 1.74. The molecular weight excluding hydrogens is 278 g/mol. The number of hydrogen-bond donors (Lipinski definition) is 1. The van der Waals surface area contributed by atoms with Gasteiger partial charge in [-0.2, -0.15) is 0 Å². The average Bonchev–Trinajstić information content (AvgIpc) is 2.56. The van der Waals surface area contributed by atoms with Crippen molar-refractivity contribution >= 4 is 5.65 Å². The van der Waals surface area contributed by atoms with Gasteiger partial charge in [-0.05, 0) is 49.9 Å². The third-order valence-electron chi connectivity index (χ3n) is 5.01. The molecule has 0 aliphatic carbocycles. The lowest BCUT2D eigenvalue weighted by Gasteiger charge is -2.40. The number of aliphatic hydroxyl groups is 1. The van der Waals surface area contributed by atoms with Crippen molar-refractivity contribution in [2.45, 2.75) is 32.7 Å². The molecule has 1 aliphatic heterocycles. The van der Waals surface area contributed by atoms with Crippen LogP contribution in [0.2, 0.25) is 0 Å². The average molecular weight is 301 g/mol. The summed E-state index contributed by atoms with van der Waals surface area (Å²) in [5.41, 5.74) is 1.58. The summed E-state index contributed by atoms with van der Waals surface area (Å²) in [4.78, 5) is 19.0. The van der Waals surface area contributed by atoms with Gasteiger partial charge in [-0.25, -0.2) is 4.98 Å². The lowest BCUT2D eigenvalue weighted by molar-refractivity contribution is 0.0378. The van der Waals surface area contributed by atoms with Crippen LogP contribution in [0, 0.1) is 5.41 Å². The second-order valence-electron chi connectivity index (χ2n) is 6.30. The van der Waals surface area contributed by atoms with Crippen LogP contribution in [-0.2, 0) is 6.54 Å². The molecule has 0 amide bonds. The van der Waals surface area contributed by atoms with Crippen LogP contribution in [0.15, 0.2) is 35.3 Å². The Morgan fingerprint density at radius 3 is 2.77 bits per heavy atom. The first-order valence-corrected chi connectivity index (χ1v) is 7.96. The quantitative estimate of drug-likeness (QED) is 0.933. The van der Waals surface area contributed by atoms with Crippen molar-refractivity contribution in [3.8, 4) is 0 Å². The summed E-state index contributed by atoms with van der Waals surface area (Å²) >= 11 is 0. The molecule has 22 heavy (non-hydrogen) atoms. The third kappa shape index (κ3) is 2.91. The van der Waals surface area contributed by atoms with Gasteiger partial charge in [0.05, 0.1) is 5.69 Å². The Bertz CT molecular complexity index is 696.